The number of ether oxygens (including phenoxy) is 1. The summed E-state index contributed by atoms with van der Waals surface area (Å²) in [6, 6.07) is 5.89. The first kappa shape index (κ1) is 16.7. The maximum Gasteiger partial charge on any atom is 0.237 e. The Bertz CT molecular complexity index is 910. The molecule has 1 unspecified atom stereocenters. The molecule has 4 rings (SSSR count). The van der Waals surface area contributed by atoms with Gasteiger partial charge in [0, 0.05) is 60.7 Å². The van der Waals surface area contributed by atoms with Gasteiger partial charge >= 0.3 is 0 Å². The van der Waals surface area contributed by atoms with Gasteiger partial charge < -0.3 is 24.9 Å². The van der Waals surface area contributed by atoms with Crippen molar-refractivity contribution >= 4 is 16.8 Å². The average Bonchev–Trinajstić information content (AvgIpc) is 3.31. The Morgan fingerprint density at radius 3 is 2.81 bits per heavy atom. The summed E-state index contributed by atoms with van der Waals surface area (Å²) < 4.78 is 5.39. The molecule has 3 N–H and O–H groups in total. The van der Waals surface area contributed by atoms with Gasteiger partial charge in [0.1, 0.15) is 17.5 Å². The normalized spacial score (nSPS) is 16.0. The molecule has 1 fully saturated rings. The van der Waals surface area contributed by atoms with Crippen molar-refractivity contribution in [3.8, 4) is 5.75 Å². The molecule has 0 radical (unpaired) electrons. The zero-order valence-corrected chi connectivity index (χ0v) is 15.0. The molecule has 0 spiro atoms. The van der Waals surface area contributed by atoms with Crippen molar-refractivity contribution in [1.82, 2.24) is 25.2 Å². The molecule has 0 bridgehead atoms. The number of piperazine rings is 1. The van der Waals surface area contributed by atoms with Gasteiger partial charge in [-0.1, -0.05) is 0 Å². The number of benzene rings is 1. The minimum Gasteiger partial charge on any atom is -0.497 e. The van der Waals surface area contributed by atoms with Gasteiger partial charge in [0.25, 0.3) is 0 Å². The third-order valence-corrected chi connectivity index (χ3v) is 5.00. The molecule has 1 saturated heterocycles. The second kappa shape index (κ2) is 6.84. The van der Waals surface area contributed by atoms with Crippen LogP contribution in [-0.4, -0.2) is 59.0 Å². The number of hydrogen-bond acceptors (Lipinski definition) is 4. The quantitative estimate of drug-likeness (QED) is 0.667. The first-order valence-corrected chi connectivity index (χ1v) is 8.84. The highest BCUT2D eigenvalue weighted by atomic mass is 16.5. The molecule has 26 heavy (non-hydrogen) atoms. The largest absolute Gasteiger partial charge is 0.497 e. The first-order valence-electron chi connectivity index (χ1n) is 8.84. The third kappa shape index (κ3) is 2.84. The van der Waals surface area contributed by atoms with Crippen LogP contribution in [-0.2, 0) is 4.79 Å². The number of rotatable bonds is 4. The smallest absolute Gasteiger partial charge is 0.237 e. The zero-order chi connectivity index (χ0) is 18.1. The highest BCUT2D eigenvalue weighted by Gasteiger charge is 2.33. The number of aromatic nitrogens is 3. The van der Waals surface area contributed by atoms with Crippen LogP contribution in [0.3, 0.4) is 0 Å². The Morgan fingerprint density at radius 1 is 1.31 bits per heavy atom. The molecule has 0 aliphatic carbocycles. The molecule has 2 aromatic heterocycles. The molecule has 7 nitrogen and oxygen atoms in total. The molecule has 1 aliphatic heterocycles. The number of H-pyrrole nitrogens is 2. The summed E-state index contributed by atoms with van der Waals surface area (Å²) in [4.78, 5) is 26.3. The number of amides is 1. The van der Waals surface area contributed by atoms with E-state index in [1.54, 1.807) is 19.5 Å². The second-order valence-electron chi connectivity index (χ2n) is 6.56. The lowest BCUT2D eigenvalue weighted by Gasteiger charge is -2.30. The van der Waals surface area contributed by atoms with E-state index in [0.29, 0.717) is 18.9 Å². The van der Waals surface area contributed by atoms with Gasteiger partial charge in [-0.3, -0.25) is 4.79 Å². The fourth-order valence-electron chi connectivity index (χ4n) is 3.71. The molecule has 3 heterocycles. The van der Waals surface area contributed by atoms with Crippen molar-refractivity contribution in [2.75, 3.05) is 33.3 Å². The van der Waals surface area contributed by atoms with Crippen molar-refractivity contribution in [3.63, 3.8) is 0 Å². The molecular weight excluding hydrogens is 330 g/mol. The molecule has 7 heteroatoms. The highest BCUT2D eigenvalue weighted by Crippen LogP contribution is 2.35. The number of carbonyl (C=O) groups excluding carboxylic acids is 1. The summed E-state index contributed by atoms with van der Waals surface area (Å²) in [5.41, 5.74) is 2.92. The van der Waals surface area contributed by atoms with Crippen molar-refractivity contribution in [2.45, 2.75) is 12.8 Å². The maximum atomic E-state index is 13.4. The second-order valence-corrected chi connectivity index (χ2v) is 6.56. The molecule has 0 saturated carbocycles. The lowest BCUT2D eigenvalue weighted by atomic mass is 9.93. The number of nitrogens with zero attached hydrogens (tertiary/aromatic N) is 2. The zero-order valence-electron chi connectivity index (χ0n) is 15.0. The van der Waals surface area contributed by atoms with E-state index in [0.717, 1.165) is 41.0 Å². The minimum absolute atomic E-state index is 0.0771. The molecular formula is C19H23N5O2. The lowest BCUT2D eigenvalue weighted by molar-refractivity contribution is -0.132. The Labute approximate surface area is 151 Å². The van der Waals surface area contributed by atoms with Gasteiger partial charge in [0.05, 0.1) is 7.11 Å². The highest BCUT2D eigenvalue weighted by molar-refractivity contribution is 5.95. The predicted octanol–water partition coefficient (Wildman–Crippen LogP) is 1.77. The molecule has 136 valence electrons. The van der Waals surface area contributed by atoms with E-state index in [9.17, 15) is 4.79 Å². The molecule has 3 aromatic rings. The van der Waals surface area contributed by atoms with Gasteiger partial charge in [0.2, 0.25) is 5.91 Å². The number of methoxy groups -OCH3 is 1. The van der Waals surface area contributed by atoms with E-state index in [1.165, 1.54) is 0 Å². The Balaban J connectivity index is 1.85. The summed E-state index contributed by atoms with van der Waals surface area (Å²) in [6.07, 6.45) is 3.45. The number of aromatic amines is 2. The fourth-order valence-corrected chi connectivity index (χ4v) is 3.71. The van der Waals surface area contributed by atoms with Gasteiger partial charge in [-0.2, -0.15) is 0 Å². The molecule has 1 amide bonds. The summed E-state index contributed by atoms with van der Waals surface area (Å²) in [5.74, 6) is 1.04. The molecule has 1 aromatic carbocycles. The summed E-state index contributed by atoms with van der Waals surface area (Å²) in [5, 5.41) is 4.29. The van der Waals surface area contributed by atoms with E-state index in [2.05, 4.69) is 20.3 Å². The minimum atomic E-state index is -0.469. The van der Waals surface area contributed by atoms with E-state index in [1.807, 2.05) is 30.0 Å². The van der Waals surface area contributed by atoms with Crippen LogP contribution < -0.4 is 10.1 Å². The monoisotopic (exact) mass is 353 g/mol. The lowest BCUT2D eigenvalue weighted by Crippen LogP contribution is -2.48. The van der Waals surface area contributed by atoms with E-state index in [4.69, 9.17) is 4.74 Å². The van der Waals surface area contributed by atoms with Crippen LogP contribution in [0.1, 0.15) is 23.0 Å². The molecule has 1 aliphatic rings. The number of carbonyl (C=O) groups is 1. The van der Waals surface area contributed by atoms with Crippen LogP contribution in [0.2, 0.25) is 0 Å². The van der Waals surface area contributed by atoms with Crippen LogP contribution in [0.4, 0.5) is 0 Å². The average molecular weight is 353 g/mol. The van der Waals surface area contributed by atoms with Gasteiger partial charge in [-0.05, 0) is 25.1 Å². The maximum absolute atomic E-state index is 13.4. The number of fused-ring (bicyclic) bond motifs is 1. The van der Waals surface area contributed by atoms with Crippen LogP contribution >= 0.6 is 0 Å². The van der Waals surface area contributed by atoms with Gasteiger partial charge in [-0.15, -0.1) is 0 Å². The van der Waals surface area contributed by atoms with Crippen molar-refractivity contribution < 1.29 is 9.53 Å². The van der Waals surface area contributed by atoms with Crippen LogP contribution in [0.15, 0.2) is 30.6 Å². The van der Waals surface area contributed by atoms with Crippen LogP contribution in [0, 0.1) is 6.92 Å². The number of hydrogen-bond donors (Lipinski definition) is 3. The standard InChI is InChI=1S/C19H23N5O2/c1-12-16(14-11-13(26-2)3-4-15(14)23-12)17(18-21-5-6-22-18)19(25)24-9-7-20-8-10-24/h3-6,11,17,20,23H,7-10H2,1-2H3,(H,21,22). The van der Waals surface area contributed by atoms with Crippen LogP contribution in [0.5, 0.6) is 5.75 Å². The first-order chi connectivity index (χ1) is 12.7. The van der Waals surface area contributed by atoms with E-state index >= 15 is 0 Å². The van der Waals surface area contributed by atoms with Gasteiger partial charge in [-0.25, -0.2) is 4.98 Å². The molecule has 1 atom stereocenters. The summed E-state index contributed by atoms with van der Waals surface area (Å²) >= 11 is 0. The fraction of sp³-hybridized carbons (Fsp3) is 0.368. The summed E-state index contributed by atoms with van der Waals surface area (Å²) in [6.45, 7) is 5.05. The third-order valence-electron chi connectivity index (χ3n) is 5.00. The van der Waals surface area contributed by atoms with Crippen LogP contribution in [0.25, 0.3) is 10.9 Å². The Kier molecular flexibility index (Phi) is 4.38. The Hall–Kier alpha value is -2.80. The van der Waals surface area contributed by atoms with Crippen molar-refractivity contribution in [2.24, 2.45) is 0 Å². The van der Waals surface area contributed by atoms with E-state index < -0.39 is 5.92 Å². The van der Waals surface area contributed by atoms with Gasteiger partial charge in [0.15, 0.2) is 0 Å². The number of nitrogens with one attached hydrogen (secondary N) is 3. The van der Waals surface area contributed by atoms with E-state index in [-0.39, 0.29) is 5.91 Å². The number of imidazole rings is 1. The Morgan fingerprint density at radius 2 is 2.12 bits per heavy atom. The SMILES string of the molecule is COc1ccc2[nH]c(C)c(C(C(=O)N3CCNCC3)c3ncc[nH]3)c2c1. The topological polar surface area (TPSA) is 86.0 Å². The van der Waals surface area contributed by atoms with Crippen molar-refractivity contribution in [1.29, 1.82) is 0 Å². The summed E-state index contributed by atoms with van der Waals surface area (Å²) in [7, 11) is 1.65. The number of aryl methyl sites for hydroxylation is 1. The van der Waals surface area contributed by atoms with Crippen molar-refractivity contribution in [3.05, 3.63) is 47.7 Å². The predicted molar refractivity (Wildman–Crippen MR) is 99.5 cm³/mol.